The molecule has 1 aliphatic rings. The molecule has 0 saturated carbocycles. The molecule has 27 heavy (non-hydrogen) atoms. The number of hydrogen-bond donors (Lipinski definition) is 2. The molecule has 1 aliphatic heterocycles. The molecule has 0 bridgehead atoms. The first-order valence-corrected chi connectivity index (χ1v) is 9.70. The molecule has 2 N–H and O–H groups in total. The molecule has 1 heterocycles. The molecule has 5 nitrogen and oxygen atoms in total. The zero-order chi connectivity index (χ0) is 19.1. The minimum absolute atomic E-state index is 0.0166. The van der Waals surface area contributed by atoms with Crippen molar-refractivity contribution in [2.75, 3.05) is 19.7 Å². The van der Waals surface area contributed by atoms with Crippen LogP contribution in [0.5, 0.6) is 0 Å². The fourth-order valence-corrected chi connectivity index (χ4v) is 4.05. The number of nitrogens with zero attached hydrogens (tertiary/aromatic N) is 2. The second kappa shape index (κ2) is 9.47. The Hall–Kier alpha value is -2.46. The number of benzene rings is 2. The third kappa shape index (κ3) is 4.83. The third-order valence-corrected chi connectivity index (χ3v) is 5.38. The lowest BCUT2D eigenvalue weighted by Gasteiger charge is -2.19. The molecule has 0 amide bonds. The summed E-state index contributed by atoms with van der Waals surface area (Å²) in [7, 11) is 0. The number of aliphatic hydroxyl groups is 1. The van der Waals surface area contributed by atoms with Crippen LogP contribution in [0.1, 0.15) is 28.4 Å². The average Bonchev–Trinajstić information content (AvgIpc) is 3.22. The van der Waals surface area contributed by atoms with Crippen molar-refractivity contribution in [3.8, 4) is 17.2 Å². The maximum atomic E-state index is 12.4. The lowest BCUT2D eigenvalue weighted by atomic mass is 9.90. The maximum Gasteiger partial charge on any atom is 0.150 e. The van der Waals surface area contributed by atoms with Gasteiger partial charge in [-0.3, -0.25) is 4.79 Å². The highest BCUT2D eigenvalue weighted by Crippen LogP contribution is 2.43. The first-order chi connectivity index (χ1) is 13.2. The van der Waals surface area contributed by atoms with Crippen molar-refractivity contribution >= 4 is 23.9 Å². The number of aliphatic hydroxyl groups excluding tert-OH is 1. The molecule has 6 heteroatoms. The smallest absolute Gasteiger partial charge is 0.150 e. The summed E-state index contributed by atoms with van der Waals surface area (Å²) in [5.74, 6) is 0.0885. The number of hydrogen-bond acceptors (Lipinski definition) is 6. The molecule has 0 spiro atoms. The van der Waals surface area contributed by atoms with E-state index in [9.17, 15) is 4.79 Å². The Bertz CT molecular complexity index is 864. The summed E-state index contributed by atoms with van der Waals surface area (Å²) < 4.78 is 4.31. The van der Waals surface area contributed by atoms with Gasteiger partial charge in [0.25, 0.3) is 0 Å². The van der Waals surface area contributed by atoms with Gasteiger partial charge in [0.2, 0.25) is 0 Å². The number of ketones is 1. The minimum Gasteiger partial charge on any atom is -0.395 e. The van der Waals surface area contributed by atoms with Crippen LogP contribution in [0.4, 0.5) is 0 Å². The first-order valence-electron chi connectivity index (χ1n) is 8.86. The molecule has 0 saturated heterocycles. The Morgan fingerprint density at radius 3 is 2.78 bits per heavy atom. The molecule has 1 atom stereocenters. The van der Waals surface area contributed by atoms with Gasteiger partial charge in [-0.15, -0.1) is 0 Å². The first kappa shape index (κ1) is 19.3. The summed E-state index contributed by atoms with van der Waals surface area (Å²) in [6, 6.07) is 15.7. The van der Waals surface area contributed by atoms with Gasteiger partial charge in [0.05, 0.1) is 30.0 Å². The van der Waals surface area contributed by atoms with E-state index in [0.29, 0.717) is 18.5 Å². The van der Waals surface area contributed by atoms with Crippen LogP contribution in [-0.2, 0) is 11.2 Å². The normalized spacial score (nSPS) is 15.6. The Morgan fingerprint density at radius 2 is 2.11 bits per heavy atom. The van der Waals surface area contributed by atoms with Crippen molar-refractivity contribution in [1.29, 1.82) is 5.26 Å². The number of Topliss-reactive ketones (excluding diaryl/α,β-unsaturated/α-hetero) is 1. The number of nitriles is 1. The Kier molecular flexibility index (Phi) is 6.77. The molecule has 2 aromatic carbocycles. The van der Waals surface area contributed by atoms with E-state index in [1.54, 1.807) is 0 Å². The molecular weight excluding hydrogens is 358 g/mol. The average molecular weight is 379 g/mol. The Balaban J connectivity index is 1.93. The van der Waals surface area contributed by atoms with Gasteiger partial charge in [-0.2, -0.15) is 5.26 Å². The predicted molar refractivity (Wildman–Crippen MR) is 109 cm³/mol. The van der Waals surface area contributed by atoms with Gasteiger partial charge < -0.3 is 10.4 Å². The van der Waals surface area contributed by atoms with Crippen LogP contribution < -0.4 is 5.32 Å². The summed E-state index contributed by atoms with van der Waals surface area (Å²) in [6.07, 6.45) is 3.09. The van der Waals surface area contributed by atoms with Crippen LogP contribution in [0.2, 0.25) is 0 Å². The van der Waals surface area contributed by atoms with Crippen LogP contribution in [0.25, 0.3) is 11.1 Å². The molecule has 0 aromatic heterocycles. The SMILES string of the molecule is N#Cc1ccc(-c2cccc(CC(=O)CNCCO)c2C2CC=NS2)cc1. The van der Waals surface area contributed by atoms with Gasteiger partial charge >= 0.3 is 0 Å². The van der Waals surface area contributed by atoms with Crippen molar-refractivity contribution in [2.45, 2.75) is 18.1 Å². The van der Waals surface area contributed by atoms with Gasteiger partial charge in [-0.1, -0.05) is 30.3 Å². The molecule has 3 rings (SSSR count). The highest BCUT2D eigenvalue weighted by atomic mass is 32.2. The van der Waals surface area contributed by atoms with Crippen LogP contribution in [0, 0.1) is 11.3 Å². The van der Waals surface area contributed by atoms with E-state index < -0.39 is 0 Å². The van der Waals surface area contributed by atoms with Crippen LogP contribution >= 0.6 is 11.9 Å². The summed E-state index contributed by atoms with van der Waals surface area (Å²) >= 11 is 1.53. The summed E-state index contributed by atoms with van der Waals surface area (Å²) in [5, 5.41) is 21.0. The van der Waals surface area contributed by atoms with Crippen molar-refractivity contribution in [3.63, 3.8) is 0 Å². The second-order valence-electron chi connectivity index (χ2n) is 6.30. The van der Waals surface area contributed by atoms with E-state index in [1.807, 2.05) is 42.6 Å². The predicted octanol–water partition coefficient (Wildman–Crippen LogP) is 3.08. The van der Waals surface area contributed by atoms with Crippen LogP contribution in [0.15, 0.2) is 46.9 Å². The Morgan fingerprint density at radius 1 is 1.30 bits per heavy atom. The molecule has 0 aliphatic carbocycles. The van der Waals surface area contributed by atoms with E-state index in [-0.39, 0.29) is 24.2 Å². The second-order valence-corrected chi connectivity index (χ2v) is 7.29. The highest BCUT2D eigenvalue weighted by Gasteiger charge is 2.23. The molecule has 0 fully saturated rings. The largest absolute Gasteiger partial charge is 0.395 e. The van der Waals surface area contributed by atoms with Gasteiger partial charge in [0.1, 0.15) is 0 Å². The molecule has 2 aromatic rings. The van der Waals surface area contributed by atoms with Gasteiger partial charge in [0.15, 0.2) is 5.78 Å². The monoisotopic (exact) mass is 379 g/mol. The quantitative estimate of drug-likeness (QED) is 0.544. The van der Waals surface area contributed by atoms with Gasteiger partial charge in [0, 0.05) is 25.6 Å². The fourth-order valence-electron chi connectivity index (χ4n) is 3.17. The van der Waals surface area contributed by atoms with E-state index in [4.69, 9.17) is 10.4 Å². The maximum absolute atomic E-state index is 12.4. The summed E-state index contributed by atoms with van der Waals surface area (Å²) in [4.78, 5) is 12.4. The number of rotatable bonds is 8. The molecule has 1 unspecified atom stereocenters. The topological polar surface area (TPSA) is 85.5 Å². The number of carbonyl (C=O) groups is 1. The van der Waals surface area contributed by atoms with Crippen LogP contribution in [0.3, 0.4) is 0 Å². The highest BCUT2D eigenvalue weighted by molar-refractivity contribution is 7.98. The standard InChI is InChI=1S/C21H21N3O2S/c22-13-15-4-6-16(7-5-15)19-3-1-2-17(12-18(26)14-23-10-11-25)21(19)20-8-9-24-27-20/h1-7,9,20,23,25H,8,10-12,14H2. The van der Waals surface area contributed by atoms with E-state index in [0.717, 1.165) is 28.7 Å². The molecular formula is C21H21N3O2S. The summed E-state index contributed by atoms with van der Waals surface area (Å²) in [6.45, 7) is 0.675. The van der Waals surface area contributed by atoms with E-state index in [2.05, 4.69) is 21.9 Å². The Labute approximate surface area is 163 Å². The van der Waals surface area contributed by atoms with Crippen molar-refractivity contribution in [1.82, 2.24) is 5.32 Å². The van der Waals surface area contributed by atoms with Crippen molar-refractivity contribution in [2.24, 2.45) is 4.40 Å². The van der Waals surface area contributed by atoms with Gasteiger partial charge in [-0.05, 0) is 46.3 Å². The molecule has 0 radical (unpaired) electrons. The van der Waals surface area contributed by atoms with Crippen molar-refractivity contribution < 1.29 is 9.90 Å². The van der Waals surface area contributed by atoms with E-state index in [1.165, 1.54) is 11.9 Å². The van der Waals surface area contributed by atoms with Crippen molar-refractivity contribution in [3.05, 3.63) is 59.2 Å². The zero-order valence-electron chi connectivity index (χ0n) is 14.9. The summed E-state index contributed by atoms with van der Waals surface area (Å²) in [5.41, 5.74) is 4.89. The minimum atomic E-state index is 0.0166. The molecule has 138 valence electrons. The lowest BCUT2D eigenvalue weighted by molar-refractivity contribution is -0.117. The third-order valence-electron chi connectivity index (χ3n) is 4.42. The number of carbonyl (C=O) groups excluding carboxylic acids is 1. The lowest BCUT2D eigenvalue weighted by Crippen LogP contribution is -2.27. The van der Waals surface area contributed by atoms with E-state index >= 15 is 0 Å². The van der Waals surface area contributed by atoms with Crippen LogP contribution in [-0.4, -0.2) is 36.8 Å². The number of nitrogens with one attached hydrogen (secondary N) is 1. The fraction of sp³-hybridized carbons (Fsp3) is 0.286. The van der Waals surface area contributed by atoms with Gasteiger partial charge in [-0.25, -0.2) is 4.40 Å². The zero-order valence-corrected chi connectivity index (χ0v) is 15.7.